The van der Waals surface area contributed by atoms with Gasteiger partial charge in [0.2, 0.25) is 0 Å². The highest BCUT2D eigenvalue weighted by atomic mass is 16.5. The molecule has 1 aliphatic carbocycles. The molecule has 2 aliphatic rings. The summed E-state index contributed by atoms with van der Waals surface area (Å²) in [5.41, 5.74) is 11.9. The van der Waals surface area contributed by atoms with Crippen LogP contribution in [0.15, 0.2) is 219 Å². The number of fused-ring (bicyclic) bond motifs is 1. The number of rotatable bonds is 7. The van der Waals surface area contributed by atoms with Gasteiger partial charge in [0, 0.05) is 28.5 Å². The maximum absolute atomic E-state index is 6.08. The number of anilines is 3. The second kappa shape index (κ2) is 15.8. The van der Waals surface area contributed by atoms with Gasteiger partial charge in [0.1, 0.15) is 5.76 Å². The van der Waals surface area contributed by atoms with Gasteiger partial charge >= 0.3 is 0 Å². The van der Waals surface area contributed by atoms with Crippen LogP contribution in [0.2, 0.25) is 0 Å². The predicted octanol–water partition coefficient (Wildman–Crippen LogP) is 12.3. The molecular weight excluding hydrogens is 655 g/mol. The Labute approximate surface area is 318 Å². The van der Waals surface area contributed by atoms with E-state index in [-0.39, 0.29) is 0 Å². The normalized spacial score (nSPS) is 17.9. The third-order valence-corrected chi connectivity index (χ3v) is 10.0. The number of nitrogens with zero attached hydrogens (tertiary/aromatic N) is 1. The fourth-order valence-electron chi connectivity index (χ4n) is 7.02. The van der Waals surface area contributed by atoms with E-state index in [1.165, 1.54) is 32.7 Å². The smallest absolute Gasteiger partial charge is 0.133 e. The summed E-state index contributed by atoms with van der Waals surface area (Å²) in [6.07, 6.45) is 19.0. The first-order valence-electron chi connectivity index (χ1n) is 18.4. The molecular formula is C52H41NO. The van der Waals surface area contributed by atoms with Gasteiger partial charge in [-0.1, -0.05) is 153 Å². The highest BCUT2D eigenvalue weighted by Crippen LogP contribution is 2.38. The van der Waals surface area contributed by atoms with Crippen molar-refractivity contribution in [1.82, 2.24) is 0 Å². The van der Waals surface area contributed by atoms with Crippen molar-refractivity contribution >= 4 is 35.0 Å². The topological polar surface area (TPSA) is 12.5 Å². The van der Waals surface area contributed by atoms with E-state index >= 15 is 0 Å². The average molecular weight is 696 g/mol. The molecule has 1 unspecified atom stereocenters. The molecule has 0 saturated carbocycles. The van der Waals surface area contributed by atoms with Crippen LogP contribution in [-0.4, -0.2) is 0 Å². The van der Waals surface area contributed by atoms with Crippen LogP contribution < -0.4 is 15.3 Å². The largest absolute Gasteiger partial charge is 0.464 e. The number of hydrogen-bond donors (Lipinski definition) is 0. The van der Waals surface area contributed by atoms with Crippen molar-refractivity contribution < 1.29 is 4.74 Å². The summed E-state index contributed by atoms with van der Waals surface area (Å²) in [6.45, 7) is 8.20. The Hall–Kier alpha value is -6.90. The minimum Gasteiger partial charge on any atom is -0.464 e. The summed E-state index contributed by atoms with van der Waals surface area (Å²) in [5, 5.41) is 2.65. The van der Waals surface area contributed by atoms with E-state index in [0.717, 1.165) is 51.5 Å². The second-order valence-electron chi connectivity index (χ2n) is 13.6. The van der Waals surface area contributed by atoms with E-state index in [0.29, 0.717) is 5.92 Å². The molecule has 260 valence electrons. The van der Waals surface area contributed by atoms with Crippen LogP contribution in [0, 0.1) is 0 Å². The van der Waals surface area contributed by atoms with Gasteiger partial charge in [0.15, 0.2) is 0 Å². The third kappa shape index (κ3) is 7.65. The zero-order valence-corrected chi connectivity index (χ0v) is 30.2. The molecule has 2 nitrogen and oxygen atoms in total. The van der Waals surface area contributed by atoms with Gasteiger partial charge in [-0.2, -0.15) is 0 Å². The summed E-state index contributed by atoms with van der Waals surface area (Å²) in [5.74, 6) is 1.13. The maximum Gasteiger partial charge on any atom is 0.133 e. The minimum atomic E-state index is 0.391. The minimum absolute atomic E-state index is 0.391. The van der Waals surface area contributed by atoms with E-state index in [9.17, 15) is 0 Å². The number of allylic oxidation sites excluding steroid dienone is 8. The Morgan fingerprint density at radius 2 is 1.09 bits per heavy atom. The van der Waals surface area contributed by atoms with Crippen LogP contribution in [0.1, 0.15) is 23.5 Å². The van der Waals surface area contributed by atoms with Crippen LogP contribution in [0.4, 0.5) is 17.1 Å². The number of benzene rings is 6. The van der Waals surface area contributed by atoms with Crippen molar-refractivity contribution in [2.45, 2.75) is 12.3 Å². The highest BCUT2D eigenvalue weighted by Gasteiger charge is 2.16. The third-order valence-electron chi connectivity index (χ3n) is 10.0. The lowest BCUT2D eigenvalue weighted by Crippen LogP contribution is -2.27. The molecule has 0 bridgehead atoms. The lowest BCUT2D eigenvalue weighted by atomic mass is 9.89. The first-order chi connectivity index (χ1) is 26.6. The molecule has 1 atom stereocenters. The summed E-state index contributed by atoms with van der Waals surface area (Å²) in [7, 11) is 0. The second-order valence-corrected chi connectivity index (χ2v) is 13.6. The summed E-state index contributed by atoms with van der Waals surface area (Å²) in [6, 6.07) is 54.4. The molecule has 0 amide bonds. The van der Waals surface area contributed by atoms with Crippen molar-refractivity contribution in [2.24, 2.45) is 0 Å². The predicted molar refractivity (Wildman–Crippen MR) is 229 cm³/mol. The van der Waals surface area contributed by atoms with Crippen molar-refractivity contribution in [3.63, 3.8) is 0 Å². The van der Waals surface area contributed by atoms with E-state index < -0.39 is 0 Å². The Morgan fingerprint density at radius 1 is 0.500 bits per heavy atom. The Balaban J connectivity index is 1.11. The molecule has 0 spiro atoms. The summed E-state index contributed by atoms with van der Waals surface area (Å²) < 4.78 is 6.08. The fraction of sp³-hybridized carbons (Fsp3) is 0.0385. The van der Waals surface area contributed by atoms with E-state index in [4.69, 9.17) is 4.74 Å². The summed E-state index contributed by atoms with van der Waals surface area (Å²) >= 11 is 0. The first-order valence-corrected chi connectivity index (χ1v) is 18.4. The van der Waals surface area contributed by atoms with Crippen LogP contribution in [0.3, 0.4) is 0 Å². The number of ether oxygens (including phenoxy) is 1. The zero-order chi connectivity index (χ0) is 36.7. The quantitative estimate of drug-likeness (QED) is 0.165. The van der Waals surface area contributed by atoms with Crippen LogP contribution in [0.5, 0.6) is 0 Å². The SMILES string of the molecule is C=C1/C=C\C=C/O/C(c2ccc(N(c3ccc(-c4ccc(C5C=c6ccccc6=CC5)cc4)cc3)c3cccc(-c4ccccc4)c3)cc2)=C\C=C/C1=C. The molecule has 0 saturated heterocycles. The monoisotopic (exact) mass is 695 g/mol. The average Bonchev–Trinajstić information content (AvgIpc) is 3.27. The van der Waals surface area contributed by atoms with Crippen molar-refractivity contribution in [1.29, 1.82) is 0 Å². The first kappa shape index (κ1) is 34.2. The van der Waals surface area contributed by atoms with Crippen molar-refractivity contribution in [2.75, 3.05) is 4.90 Å². The summed E-state index contributed by atoms with van der Waals surface area (Å²) in [4.78, 5) is 2.31. The standard InChI is InChI=1S/C52H41NO/c1-38-12-8-9-35-54-52(20-10-13-39(38)2)45-29-33-50(34-30-45)53(51-19-11-18-47(37-51)40-14-4-3-5-15-40)49-31-27-43(28-32-49)42-21-23-44(24-22-42)48-26-25-41-16-6-7-17-46(41)36-48/h3-25,27-37,48H,1-2,26H2/b12-8-,13-10-,35-9-,52-20-. The fourth-order valence-corrected chi connectivity index (χ4v) is 7.02. The lowest BCUT2D eigenvalue weighted by molar-refractivity contribution is 0.437. The molecule has 0 radical (unpaired) electrons. The molecule has 6 aromatic rings. The maximum atomic E-state index is 6.08. The van der Waals surface area contributed by atoms with Crippen molar-refractivity contribution in [3.8, 4) is 22.3 Å². The van der Waals surface area contributed by atoms with E-state index in [1.54, 1.807) is 6.26 Å². The van der Waals surface area contributed by atoms with Crippen molar-refractivity contribution in [3.05, 3.63) is 240 Å². The van der Waals surface area contributed by atoms with Gasteiger partial charge in [-0.15, -0.1) is 0 Å². The van der Waals surface area contributed by atoms with Gasteiger partial charge < -0.3 is 9.64 Å². The molecule has 1 heterocycles. The molecule has 2 heteroatoms. The molecule has 0 fully saturated rings. The Kier molecular flexibility index (Phi) is 9.99. The highest BCUT2D eigenvalue weighted by molar-refractivity contribution is 5.82. The Morgan fingerprint density at radius 3 is 1.81 bits per heavy atom. The molecule has 8 rings (SSSR count). The molecule has 6 aromatic carbocycles. The lowest BCUT2D eigenvalue weighted by Gasteiger charge is -2.26. The number of hydrogen-bond acceptors (Lipinski definition) is 2. The zero-order valence-electron chi connectivity index (χ0n) is 30.2. The van der Waals surface area contributed by atoms with Gasteiger partial charge in [-0.3, -0.25) is 0 Å². The van der Waals surface area contributed by atoms with Crippen LogP contribution in [-0.2, 0) is 4.74 Å². The van der Waals surface area contributed by atoms with Crippen LogP contribution in [0.25, 0.3) is 40.2 Å². The Bertz CT molecular complexity index is 2550. The van der Waals surface area contributed by atoms with E-state index in [2.05, 4.69) is 182 Å². The van der Waals surface area contributed by atoms with Gasteiger partial charge in [-0.05, 0) is 117 Å². The van der Waals surface area contributed by atoms with Gasteiger partial charge in [0.25, 0.3) is 0 Å². The van der Waals surface area contributed by atoms with Gasteiger partial charge in [-0.25, -0.2) is 0 Å². The van der Waals surface area contributed by atoms with Gasteiger partial charge in [0.05, 0.1) is 6.26 Å². The molecule has 0 N–H and O–H groups in total. The molecule has 0 aromatic heterocycles. The molecule has 1 aliphatic heterocycles. The van der Waals surface area contributed by atoms with E-state index in [1.807, 2.05) is 36.5 Å². The van der Waals surface area contributed by atoms with Crippen LogP contribution >= 0.6 is 0 Å². The molecule has 54 heavy (non-hydrogen) atoms.